The molecule has 2 aliphatic rings. The molecule has 2 fully saturated rings. The Morgan fingerprint density at radius 3 is 2.41 bits per heavy atom. The molecule has 244 valence electrons. The summed E-state index contributed by atoms with van der Waals surface area (Å²) in [7, 11) is 1.99. The lowest BCUT2D eigenvalue weighted by Crippen LogP contribution is -2.49. The van der Waals surface area contributed by atoms with Crippen molar-refractivity contribution in [3.05, 3.63) is 64.0 Å². The number of halogens is 3. The average Bonchev–Trinajstić information content (AvgIpc) is 3.84. The Balaban J connectivity index is 1.08. The second-order valence-electron chi connectivity index (χ2n) is 12.0. The molecule has 2 aromatic carbocycles. The number of imidazole rings is 1. The van der Waals surface area contributed by atoms with Gasteiger partial charge in [-0.1, -0.05) is 0 Å². The summed E-state index contributed by atoms with van der Waals surface area (Å²) in [6, 6.07) is 9.08. The molecule has 46 heavy (non-hydrogen) atoms. The van der Waals surface area contributed by atoms with Crippen LogP contribution in [0, 0.1) is 5.82 Å². The van der Waals surface area contributed by atoms with Gasteiger partial charge in [-0.3, -0.25) is 9.59 Å². The summed E-state index contributed by atoms with van der Waals surface area (Å²) in [5, 5.41) is 9.57. The number of piperazine rings is 1. The van der Waals surface area contributed by atoms with E-state index in [0.29, 0.717) is 81.5 Å². The monoisotopic (exact) mass is 670 g/mol. The van der Waals surface area contributed by atoms with Crippen molar-refractivity contribution in [2.75, 3.05) is 60.8 Å². The van der Waals surface area contributed by atoms with E-state index in [0.717, 1.165) is 41.5 Å². The molecule has 0 radical (unpaired) electrons. The summed E-state index contributed by atoms with van der Waals surface area (Å²) >= 11 is 12.0. The maximum absolute atomic E-state index is 15.4. The van der Waals surface area contributed by atoms with E-state index in [1.54, 1.807) is 10.6 Å². The van der Waals surface area contributed by atoms with Gasteiger partial charge < -0.3 is 28.9 Å². The van der Waals surface area contributed by atoms with E-state index in [2.05, 4.69) is 27.7 Å². The minimum atomic E-state index is -1.32. The quantitative estimate of drug-likeness (QED) is 0.211. The van der Waals surface area contributed by atoms with Gasteiger partial charge in [0, 0.05) is 94.2 Å². The van der Waals surface area contributed by atoms with Crippen LogP contribution >= 0.6 is 23.2 Å². The predicted molar refractivity (Wildman–Crippen MR) is 179 cm³/mol. The van der Waals surface area contributed by atoms with Crippen LogP contribution < -0.4 is 15.2 Å². The first-order valence-corrected chi connectivity index (χ1v) is 16.7. The maximum atomic E-state index is 15.4. The fraction of sp³-hybridized carbons (Fsp3) is 0.455. The van der Waals surface area contributed by atoms with Gasteiger partial charge in [-0.2, -0.15) is 0 Å². The Morgan fingerprint density at radius 2 is 1.76 bits per heavy atom. The molecule has 1 aliphatic heterocycles. The molecule has 1 aliphatic carbocycles. The summed E-state index contributed by atoms with van der Waals surface area (Å²) in [5.41, 5.74) is 2.81. The fourth-order valence-corrected chi connectivity index (χ4v) is 6.80. The zero-order chi connectivity index (χ0) is 32.5. The van der Waals surface area contributed by atoms with E-state index in [9.17, 15) is 19.5 Å². The van der Waals surface area contributed by atoms with Crippen LogP contribution in [-0.2, 0) is 18.3 Å². The Labute approximate surface area is 275 Å². The van der Waals surface area contributed by atoms with Gasteiger partial charge in [0.2, 0.25) is 11.3 Å². The number of alkyl halides is 2. The van der Waals surface area contributed by atoms with Crippen molar-refractivity contribution in [1.29, 1.82) is 0 Å². The summed E-state index contributed by atoms with van der Waals surface area (Å²) in [6.45, 7) is 3.22. The number of carbonyl (C=O) groups is 2. The van der Waals surface area contributed by atoms with Gasteiger partial charge >= 0.3 is 5.97 Å². The van der Waals surface area contributed by atoms with Crippen molar-refractivity contribution in [1.82, 2.24) is 19.0 Å². The smallest absolute Gasteiger partial charge is 0.341 e. The summed E-state index contributed by atoms with van der Waals surface area (Å²) in [4.78, 5) is 48.3. The van der Waals surface area contributed by atoms with Crippen molar-refractivity contribution in [3.8, 4) is 0 Å². The second kappa shape index (κ2) is 13.5. The number of hydrogen-bond acceptors (Lipinski definition) is 6. The fourth-order valence-electron chi connectivity index (χ4n) is 6.39. The van der Waals surface area contributed by atoms with Gasteiger partial charge in [-0.25, -0.2) is 14.2 Å². The number of aromatic carboxylic acids is 1. The predicted octanol–water partition coefficient (Wildman–Crippen LogP) is 5.02. The van der Waals surface area contributed by atoms with E-state index in [-0.39, 0.29) is 22.9 Å². The number of hydrogen-bond donors (Lipinski definition) is 1. The number of anilines is 2. The third-order valence-corrected chi connectivity index (χ3v) is 9.40. The minimum Gasteiger partial charge on any atom is -0.477 e. The van der Waals surface area contributed by atoms with Gasteiger partial charge in [-0.05, 0) is 49.6 Å². The number of carboxylic acids is 1. The Bertz CT molecular complexity index is 1840. The van der Waals surface area contributed by atoms with E-state index >= 15 is 4.39 Å². The number of pyridine rings is 1. The molecule has 6 rings (SSSR count). The largest absolute Gasteiger partial charge is 0.477 e. The number of nitrogens with zero attached hydrogens (tertiary/aromatic N) is 6. The van der Waals surface area contributed by atoms with Crippen molar-refractivity contribution in [2.24, 2.45) is 7.05 Å². The van der Waals surface area contributed by atoms with E-state index in [1.807, 2.05) is 16.8 Å². The lowest BCUT2D eigenvalue weighted by atomic mass is 10.1. The van der Waals surface area contributed by atoms with Gasteiger partial charge in [-0.15, -0.1) is 23.2 Å². The van der Waals surface area contributed by atoms with Crippen molar-refractivity contribution >= 4 is 68.4 Å². The number of aromatic nitrogens is 3. The Hall–Kier alpha value is -3.83. The van der Waals surface area contributed by atoms with E-state index < -0.39 is 17.2 Å². The van der Waals surface area contributed by atoms with Crippen LogP contribution in [0.25, 0.3) is 21.9 Å². The number of rotatable bonds is 12. The highest BCUT2D eigenvalue weighted by atomic mass is 35.5. The molecule has 10 nitrogen and oxygen atoms in total. The highest BCUT2D eigenvalue weighted by molar-refractivity contribution is 6.18. The molecule has 0 bridgehead atoms. The minimum absolute atomic E-state index is 0.0567. The first kappa shape index (κ1) is 32.1. The molecule has 1 saturated heterocycles. The SMILES string of the molecule is Cn1c(CCCC(=O)N2CCN(c3cc4c(cc3F)c(=O)c(C(=O)O)cn4C3CC3)CC2)nc2cc(N(CCCl)CCCl)ccc21. The molecule has 1 amide bonds. The molecular formula is C33H37Cl2FN6O4. The van der Waals surface area contributed by atoms with Crippen molar-refractivity contribution in [3.63, 3.8) is 0 Å². The van der Waals surface area contributed by atoms with Crippen LogP contribution in [-0.4, -0.2) is 87.0 Å². The molecule has 2 aromatic heterocycles. The van der Waals surface area contributed by atoms with Crippen LogP contribution in [0.15, 0.2) is 41.3 Å². The molecule has 13 heteroatoms. The molecule has 1 N–H and O–H groups in total. The van der Waals surface area contributed by atoms with E-state index in [4.69, 9.17) is 28.2 Å². The molecular weight excluding hydrogens is 634 g/mol. The first-order valence-electron chi connectivity index (χ1n) is 15.7. The lowest BCUT2D eigenvalue weighted by molar-refractivity contribution is -0.131. The molecule has 3 heterocycles. The number of carboxylic acid groups (broad SMARTS) is 1. The van der Waals surface area contributed by atoms with Crippen LogP contribution in [0.5, 0.6) is 0 Å². The Kier molecular flexibility index (Phi) is 9.42. The van der Waals surface area contributed by atoms with Crippen LogP contribution in [0.3, 0.4) is 0 Å². The third-order valence-electron chi connectivity index (χ3n) is 9.07. The topological polar surface area (TPSA) is 104 Å². The molecule has 0 unspecified atom stereocenters. The highest BCUT2D eigenvalue weighted by Crippen LogP contribution is 2.38. The summed E-state index contributed by atoms with van der Waals surface area (Å²) in [6.07, 6.45) is 4.85. The summed E-state index contributed by atoms with van der Waals surface area (Å²) in [5.74, 6) is 0.0923. The number of carbonyl (C=O) groups excluding carboxylic acids is 1. The van der Waals surface area contributed by atoms with Crippen LogP contribution in [0.4, 0.5) is 15.8 Å². The zero-order valence-corrected chi connectivity index (χ0v) is 27.2. The van der Waals surface area contributed by atoms with Gasteiger partial charge in [0.05, 0.1) is 22.2 Å². The van der Waals surface area contributed by atoms with E-state index in [1.165, 1.54) is 6.20 Å². The number of benzene rings is 2. The van der Waals surface area contributed by atoms with Crippen LogP contribution in [0.2, 0.25) is 0 Å². The van der Waals surface area contributed by atoms with Gasteiger partial charge in [0.25, 0.3) is 0 Å². The number of amides is 1. The lowest BCUT2D eigenvalue weighted by Gasteiger charge is -2.36. The van der Waals surface area contributed by atoms with Crippen molar-refractivity contribution in [2.45, 2.75) is 38.1 Å². The molecule has 1 saturated carbocycles. The standard InChI is InChI=1S/C33H37Cl2FN6O4/c1-38-27-8-7-22(39(11-9-34)12-10-35)17-26(27)37-30(38)3-2-4-31(43)41-15-13-40(14-16-41)29-19-28-23(18-25(29)36)32(44)24(33(45)46)20-42(28)21-5-6-21/h7-8,17-21H,2-6,9-16H2,1H3,(H,45,46). The van der Waals surface area contributed by atoms with Crippen LogP contribution in [0.1, 0.15) is 47.9 Å². The second-order valence-corrected chi connectivity index (χ2v) is 12.7. The Morgan fingerprint density at radius 1 is 1.04 bits per heavy atom. The maximum Gasteiger partial charge on any atom is 0.341 e. The average molecular weight is 672 g/mol. The normalized spacial score (nSPS) is 15.2. The number of aryl methyl sites for hydroxylation is 2. The molecule has 0 spiro atoms. The molecule has 4 aromatic rings. The zero-order valence-electron chi connectivity index (χ0n) is 25.7. The van der Waals surface area contributed by atoms with Gasteiger partial charge in [0.15, 0.2) is 0 Å². The third kappa shape index (κ3) is 6.40. The van der Waals surface area contributed by atoms with Crippen molar-refractivity contribution < 1.29 is 19.1 Å². The van der Waals surface area contributed by atoms with Gasteiger partial charge in [0.1, 0.15) is 17.2 Å². The number of fused-ring (bicyclic) bond motifs is 2. The first-order chi connectivity index (χ1) is 22.2. The molecule has 0 atom stereocenters. The summed E-state index contributed by atoms with van der Waals surface area (Å²) < 4.78 is 19.2. The highest BCUT2D eigenvalue weighted by Gasteiger charge is 2.29.